The van der Waals surface area contributed by atoms with Gasteiger partial charge in [0.25, 0.3) is 0 Å². The van der Waals surface area contributed by atoms with E-state index in [0.717, 1.165) is 51.9 Å². The van der Waals surface area contributed by atoms with Gasteiger partial charge in [0.2, 0.25) is 0 Å². The van der Waals surface area contributed by atoms with Gasteiger partial charge in [-0.3, -0.25) is 0 Å². The summed E-state index contributed by atoms with van der Waals surface area (Å²) in [6.45, 7) is 9.44. The van der Waals surface area contributed by atoms with Crippen molar-refractivity contribution in [2.45, 2.75) is 104 Å². The van der Waals surface area contributed by atoms with E-state index in [0.29, 0.717) is 13.2 Å². The number of rotatable bonds is 24. The maximum absolute atomic E-state index is 12.6. The van der Waals surface area contributed by atoms with Crippen LogP contribution >= 0.6 is 0 Å². The lowest BCUT2D eigenvalue weighted by atomic mass is 10.1. The van der Waals surface area contributed by atoms with Gasteiger partial charge in [-0.1, -0.05) is 77.3 Å². The Hall–Kier alpha value is -1.92. The molecule has 0 amide bonds. The van der Waals surface area contributed by atoms with Crippen LogP contribution < -0.4 is 0 Å². The van der Waals surface area contributed by atoms with Crippen LogP contribution in [0, 0.1) is 0 Å². The van der Waals surface area contributed by atoms with Gasteiger partial charge in [-0.05, 0) is 90.9 Å². The summed E-state index contributed by atoms with van der Waals surface area (Å²) in [6.07, 6.45) is 16.5. The average molecular weight is 533 g/mol. The number of esters is 2. The largest absolute Gasteiger partial charge is 0.462 e. The minimum absolute atomic E-state index is 0.282. The van der Waals surface area contributed by atoms with E-state index in [1.54, 1.807) is 24.3 Å². The molecule has 6 nitrogen and oxygen atoms in total. The summed E-state index contributed by atoms with van der Waals surface area (Å²) in [5.74, 6) is -0.912. The summed E-state index contributed by atoms with van der Waals surface area (Å²) >= 11 is 0. The monoisotopic (exact) mass is 532 g/mol. The van der Waals surface area contributed by atoms with Crippen molar-refractivity contribution in [3.63, 3.8) is 0 Å². The number of hydrogen-bond donors (Lipinski definition) is 0. The summed E-state index contributed by atoms with van der Waals surface area (Å²) < 4.78 is 11.0. The lowest BCUT2D eigenvalue weighted by molar-refractivity contribution is 0.0448. The lowest BCUT2D eigenvalue weighted by Crippen LogP contribution is -2.21. The second-order valence-electron chi connectivity index (χ2n) is 10.7. The summed E-state index contributed by atoms with van der Waals surface area (Å²) in [6, 6.07) is 6.78. The van der Waals surface area contributed by atoms with Crippen molar-refractivity contribution in [2.24, 2.45) is 0 Å². The van der Waals surface area contributed by atoms with Gasteiger partial charge in [0.05, 0.1) is 24.3 Å². The number of nitrogens with zero attached hydrogens (tertiary/aromatic N) is 2. The minimum atomic E-state index is -0.456. The molecule has 0 radical (unpaired) electrons. The third-order valence-corrected chi connectivity index (χ3v) is 6.99. The van der Waals surface area contributed by atoms with Crippen molar-refractivity contribution in [1.29, 1.82) is 0 Å². The van der Waals surface area contributed by atoms with Crippen molar-refractivity contribution in [2.75, 3.05) is 53.5 Å². The lowest BCUT2D eigenvalue weighted by Gasteiger charge is -2.16. The Bertz CT molecular complexity index is 679. The van der Waals surface area contributed by atoms with E-state index in [4.69, 9.17) is 9.47 Å². The van der Waals surface area contributed by atoms with Crippen LogP contribution in [0.25, 0.3) is 0 Å². The Morgan fingerprint density at radius 2 is 0.895 bits per heavy atom. The Labute approximate surface area is 233 Å². The van der Waals surface area contributed by atoms with Gasteiger partial charge in [0, 0.05) is 0 Å². The number of hydrogen-bond acceptors (Lipinski definition) is 6. The maximum atomic E-state index is 12.6. The average Bonchev–Trinajstić information content (AvgIpc) is 2.92. The van der Waals surface area contributed by atoms with E-state index in [9.17, 15) is 9.59 Å². The van der Waals surface area contributed by atoms with Crippen LogP contribution in [0.5, 0.6) is 0 Å². The van der Waals surface area contributed by atoms with Crippen LogP contribution in [0.1, 0.15) is 124 Å². The van der Waals surface area contributed by atoms with Crippen LogP contribution in [0.15, 0.2) is 24.3 Å². The van der Waals surface area contributed by atoms with E-state index in [2.05, 4.69) is 37.7 Å². The van der Waals surface area contributed by atoms with Crippen LogP contribution in [0.4, 0.5) is 0 Å². The van der Waals surface area contributed by atoms with Crippen LogP contribution in [-0.2, 0) is 9.47 Å². The normalized spacial score (nSPS) is 11.3. The molecule has 0 aliphatic carbocycles. The van der Waals surface area contributed by atoms with E-state index in [1.165, 1.54) is 64.2 Å². The molecule has 0 aliphatic rings. The predicted octanol–water partition coefficient (Wildman–Crippen LogP) is 7.37. The Kier molecular flexibility index (Phi) is 20.7. The van der Waals surface area contributed by atoms with E-state index >= 15 is 0 Å². The summed E-state index contributed by atoms with van der Waals surface area (Å²) in [4.78, 5) is 30.0. The first-order valence-electron chi connectivity index (χ1n) is 15.3. The molecule has 0 unspecified atom stereocenters. The molecule has 0 bridgehead atoms. The fourth-order valence-electron chi connectivity index (χ4n) is 4.49. The highest BCUT2D eigenvalue weighted by atomic mass is 16.5. The van der Waals surface area contributed by atoms with Gasteiger partial charge in [-0.15, -0.1) is 0 Å². The fraction of sp³-hybridized carbons (Fsp3) is 0.750. The maximum Gasteiger partial charge on any atom is 0.339 e. The highest BCUT2D eigenvalue weighted by Gasteiger charge is 2.19. The second-order valence-corrected chi connectivity index (χ2v) is 10.7. The molecule has 0 heterocycles. The molecule has 1 aromatic rings. The Morgan fingerprint density at radius 1 is 0.553 bits per heavy atom. The zero-order valence-corrected chi connectivity index (χ0v) is 25.0. The molecule has 0 spiro atoms. The highest BCUT2D eigenvalue weighted by Crippen LogP contribution is 2.13. The quantitative estimate of drug-likeness (QED) is 0.102. The van der Waals surface area contributed by atoms with Gasteiger partial charge in [0.1, 0.15) is 0 Å². The van der Waals surface area contributed by atoms with Crippen molar-refractivity contribution in [1.82, 2.24) is 9.80 Å². The Morgan fingerprint density at radius 3 is 1.26 bits per heavy atom. The van der Waals surface area contributed by atoms with Crippen LogP contribution in [0.2, 0.25) is 0 Å². The minimum Gasteiger partial charge on any atom is -0.462 e. The van der Waals surface area contributed by atoms with Crippen molar-refractivity contribution >= 4 is 11.9 Å². The van der Waals surface area contributed by atoms with Gasteiger partial charge in [0.15, 0.2) is 0 Å². The number of ether oxygens (including phenoxy) is 2. The molecule has 0 saturated carbocycles. The topological polar surface area (TPSA) is 59.1 Å². The molecule has 1 rings (SSSR count). The number of unbranched alkanes of at least 4 members (excludes halogenated alkanes) is 10. The second kappa shape index (κ2) is 23.0. The molecule has 0 N–H and O–H groups in total. The predicted molar refractivity (Wildman–Crippen MR) is 158 cm³/mol. The molecule has 0 fully saturated rings. The Balaban J connectivity index is 2.24. The molecule has 0 saturated heterocycles. The smallest absolute Gasteiger partial charge is 0.339 e. The van der Waals surface area contributed by atoms with E-state index in [-0.39, 0.29) is 11.1 Å². The highest BCUT2D eigenvalue weighted by molar-refractivity contribution is 6.03. The molecule has 218 valence electrons. The van der Waals surface area contributed by atoms with Gasteiger partial charge >= 0.3 is 11.9 Å². The first-order chi connectivity index (χ1) is 18.5. The molecule has 0 aliphatic heterocycles. The van der Waals surface area contributed by atoms with Crippen LogP contribution in [-0.4, -0.2) is 75.2 Å². The zero-order chi connectivity index (χ0) is 27.8. The van der Waals surface area contributed by atoms with E-state index in [1.807, 2.05) is 0 Å². The first kappa shape index (κ1) is 34.1. The molecule has 0 aromatic heterocycles. The number of carbonyl (C=O) groups is 2. The summed E-state index contributed by atoms with van der Waals surface area (Å²) in [5.41, 5.74) is 0.564. The third kappa shape index (κ3) is 16.8. The molecular formula is C32H56N2O4. The molecule has 0 atom stereocenters. The molecule has 6 heteroatoms. The molecular weight excluding hydrogens is 476 g/mol. The van der Waals surface area contributed by atoms with Crippen molar-refractivity contribution in [3.8, 4) is 0 Å². The van der Waals surface area contributed by atoms with Gasteiger partial charge in [-0.25, -0.2) is 9.59 Å². The SMILES string of the molecule is CCCCCCCN(C)CCCCOC(=O)c1ccccc1C(=O)OCCCCN(C)CCCCCCC. The zero-order valence-electron chi connectivity index (χ0n) is 25.0. The fourth-order valence-corrected chi connectivity index (χ4v) is 4.49. The molecule has 38 heavy (non-hydrogen) atoms. The van der Waals surface area contributed by atoms with Crippen molar-refractivity contribution < 1.29 is 19.1 Å². The third-order valence-electron chi connectivity index (χ3n) is 6.99. The standard InChI is InChI=1S/C32H56N2O4/c1-5-7-9-11-15-23-33(3)25-17-19-27-37-31(35)29-21-13-14-22-30(29)32(36)38-28-20-18-26-34(4)24-16-12-10-8-6-2/h13-14,21-22H,5-12,15-20,23-28H2,1-4H3. The van der Waals surface area contributed by atoms with Gasteiger partial charge < -0.3 is 19.3 Å². The summed E-state index contributed by atoms with van der Waals surface area (Å²) in [5, 5.41) is 0. The van der Waals surface area contributed by atoms with Crippen LogP contribution in [0.3, 0.4) is 0 Å². The van der Waals surface area contributed by atoms with Crippen molar-refractivity contribution in [3.05, 3.63) is 35.4 Å². The summed E-state index contributed by atoms with van der Waals surface area (Å²) in [7, 11) is 4.31. The number of benzene rings is 1. The first-order valence-corrected chi connectivity index (χ1v) is 15.3. The van der Waals surface area contributed by atoms with Gasteiger partial charge in [-0.2, -0.15) is 0 Å². The number of carbonyl (C=O) groups excluding carboxylic acids is 2. The van der Waals surface area contributed by atoms with E-state index < -0.39 is 11.9 Å². The molecule has 1 aromatic carbocycles.